The molecule has 0 aliphatic carbocycles. The van der Waals surface area contributed by atoms with E-state index in [9.17, 15) is 13.2 Å². The molecule has 0 saturated heterocycles. The van der Waals surface area contributed by atoms with E-state index < -0.39 is 11.7 Å². The van der Waals surface area contributed by atoms with Crippen LogP contribution in [0.5, 0.6) is 0 Å². The number of anilines is 3. The molecule has 0 amide bonds. The summed E-state index contributed by atoms with van der Waals surface area (Å²) in [6, 6.07) is 15.0. The standard InChI is InChI=1S/C19H18F3N5/c1-2-27(13-14-8-4-3-5-9-14)17-12-23-26-18(25-17)24-16-11-7-6-10-15(16)19(20,21)22/h3-12H,2,13H2,1H3,(H,24,25,26). The van der Waals surface area contributed by atoms with Gasteiger partial charge in [-0.05, 0) is 24.6 Å². The summed E-state index contributed by atoms with van der Waals surface area (Å²) in [5.74, 6) is 0.541. The number of benzene rings is 2. The second-order valence-electron chi connectivity index (χ2n) is 5.81. The molecule has 1 N–H and O–H groups in total. The number of para-hydroxylation sites is 1. The van der Waals surface area contributed by atoms with Crippen molar-refractivity contribution in [1.82, 2.24) is 15.2 Å². The van der Waals surface area contributed by atoms with Crippen LogP contribution in [-0.4, -0.2) is 21.7 Å². The number of hydrogen-bond acceptors (Lipinski definition) is 5. The highest BCUT2D eigenvalue weighted by atomic mass is 19.4. The predicted molar refractivity (Wildman–Crippen MR) is 97.7 cm³/mol. The summed E-state index contributed by atoms with van der Waals surface area (Å²) in [6.45, 7) is 3.23. The second kappa shape index (κ2) is 8.03. The first-order valence-corrected chi connectivity index (χ1v) is 8.39. The molecular formula is C19H18F3N5. The van der Waals surface area contributed by atoms with Crippen molar-refractivity contribution in [3.05, 3.63) is 71.9 Å². The van der Waals surface area contributed by atoms with Crippen LogP contribution in [0, 0.1) is 0 Å². The molecule has 0 fully saturated rings. The first-order chi connectivity index (χ1) is 13.0. The van der Waals surface area contributed by atoms with Gasteiger partial charge in [-0.1, -0.05) is 42.5 Å². The highest BCUT2D eigenvalue weighted by Crippen LogP contribution is 2.35. The van der Waals surface area contributed by atoms with Crippen molar-refractivity contribution >= 4 is 17.5 Å². The summed E-state index contributed by atoms with van der Waals surface area (Å²) in [7, 11) is 0. The van der Waals surface area contributed by atoms with Gasteiger partial charge in [0.05, 0.1) is 17.4 Å². The SMILES string of the molecule is CCN(Cc1ccccc1)c1cnnc(Nc2ccccc2C(F)(F)F)n1. The third-order valence-corrected chi connectivity index (χ3v) is 3.95. The molecule has 0 aliphatic rings. The van der Waals surface area contributed by atoms with E-state index in [4.69, 9.17) is 0 Å². The third-order valence-electron chi connectivity index (χ3n) is 3.95. The van der Waals surface area contributed by atoms with Gasteiger partial charge in [-0.25, -0.2) is 0 Å². The smallest absolute Gasteiger partial charge is 0.351 e. The highest BCUT2D eigenvalue weighted by molar-refractivity contribution is 5.60. The molecule has 2 aromatic carbocycles. The number of alkyl halides is 3. The van der Waals surface area contributed by atoms with Crippen molar-refractivity contribution in [3.8, 4) is 0 Å². The topological polar surface area (TPSA) is 53.9 Å². The lowest BCUT2D eigenvalue weighted by Crippen LogP contribution is -2.23. The molecule has 0 spiro atoms. The molecule has 0 saturated carbocycles. The van der Waals surface area contributed by atoms with Crippen LogP contribution in [0.25, 0.3) is 0 Å². The van der Waals surface area contributed by atoms with Crippen molar-refractivity contribution in [1.29, 1.82) is 0 Å². The monoisotopic (exact) mass is 373 g/mol. The fraction of sp³-hybridized carbons (Fsp3) is 0.211. The van der Waals surface area contributed by atoms with Gasteiger partial charge in [0.25, 0.3) is 0 Å². The van der Waals surface area contributed by atoms with E-state index >= 15 is 0 Å². The molecule has 1 aromatic heterocycles. The Kier molecular flexibility index (Phi) is 5.54. The fourth-order valence-corrected chi connectivity index (χ4v) is 2.62. The minimum absolute atomic E-state index is 0.00992. The Morgan fingerprint density at radius 3 is 2.41 bits per heavy atom. The first kappa shape index (κ1) is 18.6. The van der Waals surface area contributed by atoms with Gasteiger partial charge in [0.2, 0.25) is 5.95 Å². The van der Waals surface area contributed by atoms with Crippen molar-refractivity contribution < 1.29 is 13.2 Å². The maximum absolute atomic E-state index is 13.2. The van der Waals surface area contributed by atoms with Crippen molar-refractivity contribution in [2.75, 3.05) is 16.8 Å². The van der Waals surface area contributed by atoms with Crippen molar-refractivity contribution in [2.45, 2.75) is 19.6 Å². The number of nitrogens with one attached hydrogen (secondary N) is 1. The molecule has 0 radical (unpaired) electrons. The summed E-state index contributed by atoms with van der Waals surface area (Å²) in [5, 5.41) is 10.3. The quantitative estimate of drug-likeness (QED) is 0.681. The number of rotatable bonds is 6. The average molecular weight is 373 g/mol. The predicted octanol–water partition coefficient (Wildman–Crippen LogP) is 4.66. The maximum Gasteiger partial charge on any atom is 0.418 e. The lowest BCUT2D eigenvalue weighted by molar-refractivity contribution is -0.136. The summed E-state index contributed by atoms with van der Waals surface area (Å²) < 4.78 is 39.5. The Hall–Kier alpha value is -3.16. The van der Waals surface area contributed by atoms with Crippen LogP contribution in [0.1, 0.15) is 18.1 Å². The van der Waals surface area contributed by atoms with Gasteiger partial charge < -0.3 is 10.2 Å². The van der Waals surface area contributed by atoms with Crippen molar-refractivity contribution in [2.24, 2.45) is 0 Å². The summed E-state index contributed by atoms with van der Waals surface area (Å²) in [5.41, 5.74) is 0.195. The normalized spacial score (nSPS) is 11.3. The van der Waals surface area contributed by atoms with E-state index in [1.54, 1.807) is 0 Å². The Morgan fingerprint density at radius 2 is 1.70 bits per heavy atom. The van der Waals surface area contributed by atoms with Crippen LogP contribution in [-0.2, 0) is 12.7 Å². The lowest BCUT2D eigenvalue weighted by Gasteiger charge is -2.22. The van der Waals surface area contributed by atoms with Gasteiger partial charge >= 0.3 is 6.18 Å². The zero-order valence-electron chi connectivity index (χ0n) is 14.6. The highest BCUT2D eigenvalue weighted by Gasteiger charge is 2.33. The summed E-state index contributed by atoms with van der Waals surface area (Å²) >= 11 is 0. The molecule has 140 valence electrons. The fourth-order valence-electron chi connectivity index (χ4n) is 2.62. The van der Waals surface area contributed by atoms with Crippen LogP contribution in [0.2, 0.25) is 0 Å². The van der Waals surface area contributed by atoms with Crippen molar-refractivity contribution in [3.63, 3.8) is 0 Å². The van der Waals surface area contributed by atoms with E-state index in [-0.39, 0.29) is 11.6 Å². The molecule has 27 heavy (non-hydrogen) atoms. The Balaban J connectivity index is 1.84. The van der Waals surface area contributed by atoms with E-state index in [1.165, 1.54) is 24.4 Å². The second-order valence-corrected chi connectivity index (χ2v) is 5.81. The summed E-state index contributed by atoms with van der Waals surface area (Å²) in [4.78, 5) is 6.30. The van der Waals surface area contributed by atoms with E-state index in [1.807, 2.05) is 42.2 Å². The zero-order chi connectivity index (χ0) is 19.3. The van der Waals surface area contributed by atoms with Gasteiger partial charge in [-0.15, -0.1) is 5.10 Å². The van der Waals surface area contributed by atoms with Gasteiger partial charge in [-0.3, -0.25) is 0 Å². The summed E-state index contributed by atoms with van der Waals surface area (Å²) in [6.07, 6.45) is -2.98. The number of hydrogen-bond donors (Lipinski definition) is 1. The molecule has 0 aliphatic heterocycles. The third kappa shape index (κ3) is 4.72. The minimum Gasteiger partial charge on any atom is -0.351 e. The van der Waals surface area contributed by atoms with Gasteiger partial charge in [0.1, 0.15) is 0 Å². The molecule has 3 aromatic rings. The van der Waals surface area contributed by atoms with E-state index in [0.717, 1.165) is 11.6 Å². The van der Waals surface area contributed by atoms with Gasteiger partial charge in [-0.2, -0.15) is 23.3 Å². The van der Waals surface area contributed by atoms with E-state index in [2.05, 4.69) is 20.5 Å². The largest absolute Gasteiger partial charge is 0.418 e. The van der Waals surface area contributed by atoms with Crippen LogP contribution in [0.15, 0.2) is 60.8 Å². The molecular weight excluding hydrogens is 355 g/mol. The molecule has 3 rings (SSSR count). The van der Waals surface area contributed by atoms with Crippen LogP contribution < -0.4 is 10.2 Å². The van der Waals surface area contributed by atoms with Gasteiger partial charge in [0.15, 0.2) is 5.82 Å². The molecule has 0 bridgehead atoms. The van der Waals surface area contributed by atoms with Crippen LogP contribution in [0.4, 0.5) is 30.6 Å². The number of halogens is 3. The zero-order valence-corrected chi connectivity index (χ0v) is 14.6. The molecule has 0 unspecified atom stereocenters. The Morgan fingerprint density at radius 1 is 1.00 bits per heavy atom. The lowest BCUT2D eigenvalue weighted by atomic mass is 10.1. The Labute approximate surface area is 154 Å². The average Bonchev–Trinajstić information content (AvgIpc) is 2.67. The maximum atomic E-state index is 13.2. The minimum atomic E-state index is -4.47. The first-order valence-electron chi connectivity index (χ1n) is 8.39. The van der Waals surface area contributed by atoms with Gasteiger partial charge in [0, 0.05) is 13.1 Å². The Bertz CT molecular complexity index is 884. The number of aromatic nitrogens is 3. The molecule has 1 heterocycles. The van der Waals surface area contributed by atoms with Crippen LogP contribution in [0.3, 0.4) is 0 Å². The molecule has 5 nitrogen and oxygen atoms in total. The number of nitrogens with zero attached hydrogens (tertiary/aromatic N) is 4. The molecule has 0 atom stereocenters. The van der Waals surface area contributed by atoms with Crippen LogP contribution >= 0.6 is 0 Å². The van der Waals surface area contributed by atoms with E-state index in [0.29, 0.717) is 18.9 Å². The molecule has 8 heteroatoms.